The lowest BCUT2D eigenvalue weighted by molar-refractivity contribution is 0.0702. The third-order valence-corrected chi connectivity index (χ3v) is 4.13. The number of carbonyl (C=O) groups is 1. The summed E-state index contributed by atoms with van der Waals surface area (Å²) in [6.07, 6.45) is 2.07. The standard InChI is InChI=1S/C14H12O3S/c15-14(16)13-6-5-12(18-13)10-3-4-11-9(8-10)2-1-7-17-11/h3-6,8H,1-2,7H2,(H,15,16). The molecule has 0 bridgehead atoms. The van der Waals surface area contributed by atoms with Gasteiger partial charge in [-0.3, -0.25) is 0 Å². The van der Waals surface area contributed by atoms with Crippen molar-refractivity contribution in [2.45, 2.75) is 12.8 Å². The summed E-state index contributed by atoms with van der Waals surface area (Å²) in [7, 11) is 0. The van der Waals surface area contributed by atoms with E-state index in [1.54, 1.807) is 6.07 Å². The summed E-state index contributed by atoms with van der Waals surface area (Å²) in [6, 6.07) is 9.58. The molecule has 4 heteroatoms. The van der Waals surface area contributed by atoms with Crippen LogP contribution in [0, 0.1) is 0 Å². The summed E-state index contributed by atoms with van der Waals surface area (Å²) >= 11 is 1.30. The first-order valence-electron chi connectivity index (χ1n) is 5.83. The number of ether oxygens (including phenoxy) is 1. The highest BCUT2D eigenvalue weighted by molar-refractivity contribution is 7.17. The number of hydrogen-bond acceptors (Lipinski definition) is 3. The first-order valence-corrected chi connectivity index (χ1v) is 6.65. The van der Waals surface area contributed by atoms with E-state index in [0.29, 0.717) is 4.88 Å². The SMILES string of the molecule is O=C(O)c1ccc(-c2ccc3c(c2)CCCO3)s1. The Morgan fingerprint density at radius 1 is 1.28 bits per heavy atom. The zero-order valence-corrected chi connectivity index (χ0v) is 10.5. The highest BCUT2D eigenvalue weighted by Gasteiger charge is 2.13. The van der Waals surface area contributed by atoms with E-state index in [9.17, 15) is 4.79 Å². The monoisotopic (exact) mass is 260 g/mol. The van der Waals surface area contributed by atoms with Gasteiger partial charge in [-0.2, -0.15) is 0 Å². The first kappa shape index (κ1) is 11.3. The molecule has 2 heterocycles. The molecule has 0 atom stereocenters. The number of benzene rings is 1. The zero-order valence-electron chi connectivity index (χ0n) is 9.68. The van der Waals surface area contributed by atoms with Gasteiger partial charge in [0, 0.05) is 4.88 Å². The Labute approximate surface area is 109 Å². The maximum atomic E-state index is 10.9. The van der Waals surface area contributed by atoms with Crippen LogP contribution < -0.4 is 4.74 Å². The van der Waals surface area contributed by atoms with Crippen molar-refractivity contribution in [3.63, 3.8) is 0 Å². The molecule has 1 aliphatic rings. The molecule has 0 unspecified atom stereocenters. The molecule has 0 radical (unpaired) electrons. The number of thiophene rings is 1. The lowest BCUT2D eigenvalue weighted by atomic mass is 10.0. The van der Waals surface area contributed by atoms with E-state index in [4.69, 9.17) is 9.84 Å². The molecule has 0 fully saturated rings. The maximum absolute atomic E-state index is 10.9. The van der Waals surface area contributed by atoms with E-state index in [0.717, 1.165) is 35.6 Å². The Hall–Kier alpha value is -1.81. The summed E-state index contributed by atoms with van der Waals surface area (Å²) in [5.74, 6) is 0.0903. The number of carboxylic acid groups (broad SMARTS) is 1. The molecule has 1 N–H and O–H groups in total. The number of aryl methyl sites for hydroxylation is 1. The van der Waals surface area contributed by atoms with Crippen LogP contribution in [0.2, 0.25) is 0 Å². The molecule has 2 aromatic rings. The molecule has 1 aromatic carbocycles. The molecule has 1 aliphatic heterocycles. The van der Waals surface area contributed by atoms with Gasteiger partial charge in [-0.05, 0) is 54.3 Å². The summed E-state index contributed by atoms with van der Waals surface area (Å²) < 4.78 is 5.57. The van der Waals surface area contributed by atoms with E-state index < -0.39 is 5.97 Å². The number of fused-ring (bicyclic) bond motifs is 1. The second-order valence-electron chi connectivity index (χ2n) is 4.24. The van der Waals surface area contributed by atoms with Gasteiger partial charge in [-0.25, -0.2) is 4.79 Å². The van der Waals surface area contributed by atoms with E-state index in [2.05, 4.69) is 6.07 Å². The summed E-state index contributed by atoms with van der Waals surface area (Å²) in [5, 5.41) is 8.93. The molecule has 3 rings (SSSR count). The van der Waals surface area contributed by atoms with Crippen molar-refractivity contribution in [2.75, 3.05) is 6.61 Å². The van der Waals surface area contributed by atoms with Crippen molar-refractivity contribution in [3.8, 4) is 16.2 Å². The fraction of sp³-hybridized carbons (Fsp3) is 0.214. The lowest BCUT2D eigenvalue weighted by Crippen LogP contribution is -2.07. The molecule has 92 valence electrons. The van der Waals surface area contributed by atoms with Gasteiger partial charge in [0.2, 0.25) is 0 Å². The van der Waals surface area contributed by atoms with Gasteiger partial charge >= 0.3 is 5.97 Å². The van der Waals surface area contributed by atoms with Crippen LogP contribution in [0.3, 0.4) is 0 Å². The highest BCUT2D eigenvalue weighted by Crippen LogP contribution is 2.33. The second-order valence-corrected chi connectivity index (χ2v) is 5.33. The lowest BCUT2D eigenvalue weighted by Gasteiger charge is -2.17. The quantitative estimate of drug-likeness (QED) is 0.899. The summed E-state index contributed by atoms with van der Waals surface area (Å²) in [4.78, 5) is 12.2. The van der Waals surface area contributed by atoms with Gasteiger partial charge in [-0.1, -0.05) is 0 Å². The Kier molecular flexibility index (Phi) is 2.80. The van der Waals surface area contributed by atoms with E-state index in [-0.39, 0.29) is 0 Å². The molecule has 18 heavy (non-hydrogen) atoms. The molecule has 1 aromatic heterocycles. The molecule has 3 nitrogen and oxygen atoms in total. The van der Waals surface area contributed by atoms with Gasteiger partial charge in [-0.15, -0.1) is 11.3 Å². The van der Waals surface area contributed by atoms with Crippen LogP contribution in [0.4, 0.5) is 0 Å². The van der Waals surface area contributed by atoms with Gasteiger partial charge in [0.1, 0.15) is 10.6 Å². The number of hydrogen-bond donors (Lipinski definition) is 1. The van der Waals surface area contributed by atoms with Crippen molar-refractivity contribution < 1.29 is 14.6 Å². The largest absolute Gasteiger partial charge is 0.493 e. The highest BCUT2D eigenvalue weighted by atomic mass is 32.1. The maximum Gasteiger partial charge on any atom is 0.345 e. The minimum Gasteiger partial charge on any atom is -0.493 e. The number of rotatable bonds is 2. The molecular formula is C14H12O3S. The van der Waals surface area contributed by atoms with Crippen LogP contribution >= 0.6 is 11.3 Å². The van der Waals surface area contributed by atoms with Crippen molar-refractivity contribution in [1.82, 2.24) is 0 Å². The fourth-order valence-corrected chi connectivity index (χ4v) is 2.96. The predicted molar refractivity (Wildman–Crippen MR) is 70.5 cm³/mol. The molecule has 0 spiro atoms. The minimum atomic E-state index is -0.868. The summed E-state index contributed by atoms with van der Waals surface area (Å²) in [6.45, 7) is 0.786. The van der Waals surface area contributed by atoms with Crippen molar-refractivity contribution in [2.24, 2.45) is 0 Å². The second kappa shape index (κ2) is 4.46. The van der Waals surface area contributed by atoms with Crippen molar-refractivity contribution >= 4 is 17.3 Å². The zero-order chi connectivity index (χ0) is 12.5. The van der Waals surface area contributed by atoms with E-state index in [1.165, 1.54) is 16.9 Å². The predicted octanol–water partition coefficient (Wildman–Crippen LogP) is 3.44. The summed E-state index contributed by atoms with van der Waals surface area (Å²) in [5.41, 5.74) is 2.28. The van der Waals surface area contributed by atoms with Crippen LogP contribution in [0.15, 0.2) is 30.3 Å². The molecular weight excluding hydrogens is 248 g/mol. The van der Waals surface area contributed by atoms with Crippen LogP contribution in [0.5, 0.6) is 5.75 Å². The Bertz CT molecular complexity index is 601. The van der Waals surface area contributed by atoms with Crippen LogP contribution in [0.25, 0.3) is 10.4 Å². The van der Waals surface area contributed by atoms with Crippen LogP contribution in [0.1, 0.15) is 21.7 Å². The topological polar surface area (TPSA) is 46.5 Å². The average Bonchev–Trinajstić information content (AvgIpc) is 2.88. The van der Waals surface area contributed by atoms with Crippen molar-refractivity contribution in [3.05, 3.63) is 40.8 Å². The number of aromatic carboxylic acids is 1. The van der Waals surface area contributed by atoms with Gasteiger partial charge in [0.05, 0.1) is 6.61 Å². The molecule has 0 saturated carbocycles. The van der Waals surface area contributed by atoms with Gasteiger partial charge in [0.15, 0.2) is 0 Å². The Balaban J connectivity index is 1.98. The minimum absolute atomic E-state index is 0.374. The van der Waals surface area contributed by atoms with Crippen LogP contribution in [-0.4, -0.2) is 17.7 Å². The fourth-order valence-electron chi connectivity index (χ4n) is 2.12. The number of carboxylic acids is 1. The molecule has 0 amide bonds. The Morgan fingerprint density at radius 3 is 2.94 bits per heavy atom. The molecule has 0 saturated heterocycles. The van der Waals surface area contributed by atoms with Crippen molar-refractivity contribution in [1.29, 1.82) is 0 Å². The first-order chi connectivity index (χ1) is 8.74. The van der Waals surface area contributed by atoms with Crippen LogP contribution in [-0.2, 0) is 6.42 Å². The third-order valence-electron chi connectivity index (χ3n) is 3.01. The Morgan fingerprint density at radius 2 is 2.17 bits per heavy atom. The van der Waals surface area contributed by atoms with E-state index in [1.807, 2.05) is 18.2 Å². The van der Waals surface area contributed by atoms with Gasteiger partial charge < -0.3 is 9.84 Å². The molecule has 0 aliphatic carbocycles. The smallest absolute Gasteiger partial charge is 0.345 e. The van der Waals surface area contributed by atoms with E-state index >= 15 is 0 Å². The average molecular weight is 260 g/mol. The van der Waals surface area contributed by atoms with Gasteiger partial charge in [0.25, 0.3) is 0 Å². The third kappa shape index (κ3) is 1.99. The normalized spacial score (nSPS) is 13.8.